The van der Waals surface area contributed by atoms with Gasteiger partial charge in [-0.2, -0.15) is 5.10 Å². The van der Waals surface area contributed by atoms with E-state index in [1.807, 2.05) is 40.6 Å². The van der Waals surface area contributed by atoms with Crippen molar-refractivity contribution in [3.05, 3.63) is 69.5 Å². The Morgan fingerprint density at radius 1 is 1.12 bits per heavy atom. The molecule has 0 radical (unpaired) electrons. The summed E-state index contributed by atoms with van der Waals surface area (Å²) in [4.78, 5) is 2.20. The number of hydrogen-bond donors (Lipinski definition) is 0. The predicted molar refractivity (Wildman–Crippen MR) is 105 cm³/mol. The molecule has 1 aromatic heterocycles. The maximum atomic E-state index is 6.32. The summed E-state index contributed by atoms with van der Waals surface area (Å²) in [5.74, 6) is 0.778. The average molecular weight is 373 g/mol. The highest BCUT2D eigenvalue weighted by Crippen LogP contribution is 2.26. The van der Waals surface area contributed by atoms with Crippen LogP contribution in [0, 0.1) is 11.7 Å². The van der Waals surface area contributed by atoms with Crippen LogP contribution in [0.25, 0.3) is 11.4 Å². The zero-order chi connectivity index (χ0) is 18.0. The van der Waals surface area contributed by atoms with Gasteiger partial charge in [0.2, 0.25) is 0 Å². The molecular weight excluding hydrogens is 352 g/mol. The first-order valence-electron chi connectivity index (χ1n) is 8.09. The topological polar surface area (TPSA) is 26.0 Å². The van der Waals surface area contributed by atoms with Gasteiger partial charge in [-0.3, -0.25) is 4.90 Å². The van der Waals surface area contributed by atoms with Crippen LogP contribution in [0.2, 0.25) is 5.02 Å². The minimum atomic E-state index is 0.617. The van der Waals surface area contributed by atoms with Crippen molar-refractivity contribution in [2.45, 2.75) is 20.1 Å². The third-order valence-electron chi connectivity index (χ3n) is 4.23. The van der Waals surface area contributed by atoms with Crippen molar-refractivity contribution in [1.29, 1.82) is 0 Å². The van der Waals surface area contributed by atoms with Crippen molar-refractivity contribution in [2.75, 3.05) is 7.05 Å². The highest BCUT2D eigenvalue weighted by Gasteiger charge is 2.14. The monoisotopic (exact) mass is 372 g/mol. The quantitative estimate of drug-likeness (QED) is 0.609. The van der Waals surface area contributed by atoms with Crippen molar-refractivity contribution in [3.8, 4) is 11.4 Å². The van der Waals surface area contributed by atoms with Gasteiger partial charge in [0.05, 0.1) is 11.7 Å². The van der Waals surface area contributed by atoms with Crippen molar-refractivity contribution < 1.29 is 0 Å². The minimum Gasteiger partial charge on any atom is -0.303 e. The number of hydrogen-bond acceptors (Lipinski definition) is 3. The van der Waals surface area contributed by atoms with Crippen molar-refractivity contribution in [3.63, 3.8) is 0 Å². The molecule has 0 atom stereocenters. The lowest BCUT2D eigenvalue weighted by Gasteiger charge is -2.17. The van der Waals surface area contributed by atoms with E-state index >= 15 is 0 Å². The third-order valence-corrected chi connectivity index (χ3v) is 5.05. The summed E-state index contributed by atoms with van der Waals surface area (Å²) in [6, 6.07) is 16.1. The molecule has 0 bridgehead atoms. The van der Waals surface area contributed by atoms with E-state index in [2.05, 4.69) is 43.1 Å². The highest BCUT2D eigenvalue weighted by molar-refractivity contribution is 7.71. The zero-order valence-electron chi connectivity index (χ0n) is 14.6. The first-order chi connectivity index (χ1) is 12.0. The lowest BCUT2D eigenvalue weighted by molar-refractivity contribution is 0.243. The van der Waals surface area contributed by atoms with Gasteiger partial charge in [0.15, 0.2) is 10.6 Å². The molecule has 0 fully saturated rings. The Labute approximate surface area is 158 Å². The summed E-state index contributed by atoms with van der Waals surface area (Å²) in [5.41, 5.74) is 3.48. The van der Waals surface area contributed by atoms with Crippen molar-refractivity contribution in [2.24, 2.45) is 7.05 Å². The Kier molecular flexibility index (Phi) is 5.37. The Hall–Kier alpha value is -1.95. The van der Waals surface area contributed by atoms with E-state index in [9.17, 15) is 0 Å². The van der Waals surface area contributed by atoms with E-state index < -0.39 is 0 Å². The molecule has 0 saturated heterocycles. The van der Waals surface area contributed by atoms with E-state index in [4.69, 9.17) is 28.9 Å². The molecule has 2 aromatic carbocycles. The molecule has 0 saturated carbocycles. The molecule has 0 spiro atoms. The van der Waals surface area contributed by atoms with E-state index in [1.165, 1.54) is 11.1 Å². The Morgan fingerprint density at radius 2 is 1.80 bits per heavy atom. The molecule has 0 unspecified atom stereocenters. The first-order valence-corrected chi connectivity index (χ1v) is 8.88. The summed E-state index contributed by atoms with van der Waals surface area (Å²) in [7, 11) is 3.99. The van der Waals surface area contributed by atoms with Crippen LogP contribution >= 0.6 is 23.8 Å². The maximum absolute atomic E-state index is 6.32. The molecule has 0 N–H and O–H groups in total. The normalized spacial score (nSPS) is 11.2. The van der Waals surface area contributed by atoms with Gasteiger partial charge in [0.25, 0.3) is 0 Å². The molecule has 1 heterocycles. The summed E-state index contributed by atoms with van der Waals surface area (Å²) in [5, 5.41) is 5.37. The number of halogens is 1. The fourth-order valence-corrected chi connectivity index (χ4v) is 3.22. The fraction of sp³-hybridized carbons (Fsp3) is 0.263. The van der Waals surface area contributed by atoms with Crippen LogP contribution in [0.5, 0.6) is 0 Å². The standard InChI is InChI=1S/C19H21ClN4S/c1-14-8-4-5-9-15(14)12-22(2)13-24-19(25)23(3)18(21-24)16-10-6-7-11-17(16)20/h4-11H,12-13H2,1-3H3. The van der Waals surface area contributed by atoms with Crippen LogP contribution in [-0.2, 0) is 20.3 Å². The summed E-state index contributed by atoms with van der Waals surface area (Å²) in [6.45, 7) is 3.59. The van der Waals surface area contributed by atoms with Crippen LogP contribution < -0.4 is 0 Å². The van der Waals surface area contributed by atoms with Crippen LogP contribution in [0.1, 0.15) is 11.1 Å². The van der Waals surface area contributed by atoms with Crippen molar-refractivity contribution in [1.82, 2.24) is 19.2 Å². The molecule has 3 aromatic rings. The summed E-state index contributed by atoms with van der Waals surface area (Å²) < 4.78 is 4.41. The predicted octanol–water partition coefficient (Wildman–Crippen LogP) is 4.67. The summed E-state index contributed by atoms with van der Waals surface area (Å²) >= 11 is 11.9. The zero-order valence-corrected chi connectivity index (χ0v) is 16.2. The Balaban J connectivity index is 1.84. The smallest absolute Gasteiger partial charge is 0.199 e. The molecular formula is C19H21ClN4S. The molecule has 25 heavy (non-hydrogen) atoms. The lowest BCUT2D eigenvalue weighted by Crippen LogP contribution is -2.23. The molecule has 0 aliphatic rings. The average Bonchev–Trinajstić information content (AvgIpc) is 2.86. The third kappa shape index (κ3) is 3.84. The number of benzene rings is 2. The van der Waals surface area contributed by atoms with E-state index in [-0.39, 0.29) is 0 Å². The lowest BCUT2D eigenvalue weighted by atomic mass is 10.1. The molecule has 6 heteroatoms. The number of aromatic nitrogens is 3. The van der Waals surface area contributed by atoms with Crippen LogP contribution in [0.3, 0.4) is 0 Å². The largest absolute Gasteiger partial charge is 0.303 e. The van der Waals surface area contributed by atoms with E-state index in [0.717, 1.165) is 17.9 Å². The van der Waals surface area contributed by atoms with E-state index in [0.29, 0.717) is 16.5 Å². The Bertz CT molecular complexity index is 945. The first kappa shape index (κ1) is 17.9. The van der Waals surface area contributed by atoms with Gasteiger partial charge < -0.3 is 4.57 Å². The van der Waals surface area contributed by atoms with Gasteiger partial charge in [-0.15, -0.1) is 0 Å². The van der Waals surface area contributed by atoms with Crippen LogP contribution in [0.15, 0.2) is 48.5 Å². The maximum Gasteiger partial charge on any atom is 0.199 e. The van der Waals surface area contributed by atoms with Gasteiger partial charge in [0.1, 0.15) is 0 Å². The van der Waals surface area contributed by atoms with Gasteiger partial charge >= 0.3 is 0 Å². The fourth-order valence-electron chi connectivity index (χ4n) is 2.81. The molecule has 0 aliphatic carbocycles. The number of aryl methyl sites for hydroxylation is 1. The van der Waals surface area contributed by atoms with Gasteiger partial charge in [-0.25, -0.2) is 4.68 Å². The molecule has 4 nitrogen and oxygen atoms in total. The van der Waals surface area contributed by atoms with Crippen LogP contribution in [-0.4, -0.2) is 26.3 Å². The second-order valence-electron chi connectivity index (χ2n) is 6.23. The Morgan fingerprint density at radius 3 is 2.52 bits per heavy atom. The van der Waals surface area contributed by atoms with Crippen LogP contribution in [0.4, 0.5) is 0 Å². The highest BCUT2D eigenvalue weighted by atomic mass is 35.5. The molecule has 0 amide bonds. The minimum absolute atomic E-state index is 0.617. The molecule has 0 aliphatic heterocycles. The van der Waals surface area contributed by atoms with Gasteiger partial charge in [-0.1, -0.05) is 48.0 Å². The van der Waals surface area contributed by atoms with Gasteiger partial charge in [0, 0.05) is 19.2 Å². The second-order valence-corrected chi connectivity index (χ2v) is 7.00. The molecule has 3 rings (SSSR count). The SMILES string of the molecule is Cc1ccccc1CN(C)Cn1nc(-c2ccccc2Cl)n(C)c1=S. The molecule has 130 valence electrons. The second kappa shape index (κ2) is 7.52. The van der Waals surface area contributed by atoms with Gasteiger partial charge in [-0.05, 0) is 49.4 Å². The number of nitrogens with zero attached hydrogens (tertiary/aromatic N) is 4. The summed E-state index contributed by atoms with van der Waals surface area (Å²) in [6.07, 6.45) is 0. The van der Waals surface area contributed by atoms with E-state index in [1.54, 1.807) is 0 Å². The van der Waals surface area contributed by atoms with Crippen molar-refractivity contribution >= 4 is 23.8 Å². The number of rotatable bonds is 5.